The summed E-state index contributed by atoms with van der Waals surface area (Å²) in [6.45, 7) is 6.36. The van der Waals surface area contributed by atoms with Gasteiger partial charge in [-0.2, -0.15) is 8.61 Å². The molecule has 2 saturated heterocycles. The molecule has 0 aliphatic carbocycles. The summed E-state index contributed by atoms with van der Waals surface area (Å²) in [5, 5.41) is 5.94. The lowest BCUT2D eigenvalue weighted by Gasteiger charge is -2.33. The zero-order chi connectivity index (χ0) is 40.2. The minimum Gasteiger partial charge on any atom is -0.497 e. The molecular weight excluding hydrogens is 933 g/mol. The van der Waals surface area contributed by atoms with Crippen molar-refractivity contribution in [3.05, 3.63) is 122 Å². The van der Waals surface area contributed by atoms with Crippen LogP contribution in [0, 0.1) is 6.92 Å². The molecule has 0 radical (unpaired) electrons. The zero-order valence-corrected chi connectivity index (χ0v) is 37.6. The summed E-state index contributed by atoms with van der Waals surface area (Å²) >= 11 is 9.87. The van der Waals surface area contributed by atoms with Crippen molar-refractivity contribution in [2.24, 2.45) is 0 Å². The Bertz CT molecular complexity index is 2480. The number of methoxy groups -OCH3 is 1. The number of piperazine rings is 2. The quantitative estimate of drug-likeness (QED) is 0.141. The number of nitrogens with zero attached hydrogens (tertiary/aromatic N) is 6. The first kappa shape index (κ1) is 41.5. The maximum atomic E-state index is 12.9. The van der Waals surface area contributed by atoms with Crippen molar-refractivity contribution >= 4 is 84.8 Å². The normalized spacial score (nSPS) is 15.6. The molecule has 0 N–H and O–H groups in total. The number of hydrogen-bond donors (Lipinski definition) is 0. The average Bonchev–Trinajstić information content (AvgIpc) is 3.94. The van der Waals surface area contributed by atoms with E-state index in [0.717, 1.165) is 47.5 Å². The minimum atomic E-state index is -3.47. The van der Waals surface area contributed by atoms with Gasteiger partial charge in [0, 0.05) is 83.2 Å². The third-order valence-electron chi connectivity index (χ3n) is 9.64. The third-order valence-corrected chi connectivity index (χ3v) is 16.3. The molecule has 0 atom stereocenters. The van der Waals surface area contributed by atoms with Gasteiger partial charge in [0.15, 0.2) is 10.3 Å². The first-order valence-electron chi connectivity index (χ1n) is 18.0. The number of rotatable bonds is 9. The van der Waals surface area contributed by atoms with Crippen LogP contribution < -0.4 is 14.5 Å². The van der Waals surface area contributed by atoms with Gasteiger partial charge in [-0.15, -0.1) is 22.7 Å². The molecule has 6 aromatic rings. The molecule has 0 unspecified atom stereocenters. The van der Waals surface area contributed by atoms with Crippen LogP contribution in [0.15, 0.2) is 127 Å². The molecule has 4 heterocycles. The number of hydrogen-bond acceptors (Lipinski definition) is 11. The molecule has 0 amide bonds. The van der Waals surface area contributed by atoms with Crippen LogP contribution in [0.1, 0.15) is 5.56 Å². The molecule has 0 bridgehead atoms. The SMILES string of the molecule is COc1ccc(-c2csc(N3CCN(S(=O)(=O)c4ccc(Br)cc4)CC3)n2)cc1.Cc1ccc(-c2csc(N3CCN(S(=O)(=O)c4ccc(Br)cc4)CC3)n2)cc1. The van der Waals surface area contributed by atoms with Gasteiger partial charge in [0.05, 0.1) is 28.3 Å². The highest BCUT2D eigenvalue weighted by molar-refractivity contribution is 9.10. The van der Waals surface area contributed by atoms with E-state index in [2.05, 4.69) is 78.2 Å². The second-order valence-electron chi connectivity index (χ2n) is 13.3. The highest BCUT2D eigenvalue weighted by atomic mass is 79.9. The van der Waals surface area contributed by atoms with Crippen molar-refractivity contribution < 1.29 is 21.6 Å². The molecule has 2 fully saturated rings. The molecule has 298 valence electrons. The highest BCUT2D eigenvalue weighted by Gasteiger charge is 2.31. The predicted molar refractivity (Wildman–Crippen MR) is 237 cm³/mol. The van der Waals surface area contributed by atoms with Crippen LogP contribution in [0.2, 0.25) is 0 Å². The Morgan fingerprint density at radius 3 is 1.28 bits per heavy atom. The average molecular weight is 973 g/mol. The summed E-state index contributed by atoms with van der Waals surface area (Å²) in [7, 11) is -5.28. The van der Waals surface area contributed by atoms with E-state index in [-0.39, 0.29) is 0 Å². The number of halogens is 2. The maximum absolute atomic E-state index is 12.9. The smallest absolute Gasteiger partial charge is 0.243 e. The summed E-state index contributed by atoms with van der Waals surface area (Å²) in [5.41, 5.74) is 5.24. The molecule has 2 aliphatic rings. The van der Waals surface area contributed by atoms with Crippen molar-refractivity contribution in [3.8, 4) is 28.3 Å². The topological polar surface area (TPSA) is 116 Å². The van der Waals surface area contributed by atoms with Gasteiger partial charge >= 0.3 is 0 Å². The Hall–Kier alpha value is -3.68. The second-order valence-corrected chi connectivity index (χ2v) is 20.7. The predicted octanol–water partition coefficient (Wildman–Crippen LogP) is 8.48. The number of sulfonamides is 2. The lowest BCUT2D eigenvalue weighted by molar-refractivity contribution is 0.384. The lowest BCUT2D eigenvalue weighted by atomic mass is 10.1. The van der Waals surface area contributed by atoms with Crippen molar-refractivity contribution in [1.29, 1.82) is 0 Å². The fourth-order valence-corrected chi connectivity index (χ4v) is 11.5. The van der Waals surface area contributed by atoms with Gasteiger partial charge in [0.1, 0.15) is 5.75 Å². The molecule has 57 heavy (non-hydrogen) atoms. The van der Waals surface area contributed by atoms with Crippen LogP contribution in [0.4, 0.5) is 10.3 Å². The van der Waals surface area contributed by atoms with Crippen LogP contribution in [-0.4, -0.2) is 94.9 Å². The largest absolute Gasteiger partial charge is 0.497 e. The summed E-state index contributed by atoms with van der Waals surface area (Å²) in [5.74, 6) is 0.812. The van der Waals surface area contributed by atoms with E-state index in [1.807, 2.05) is 29.6 Å². The van der Waals surface area contributed by atoms with E-state index < -0.39 is 20.0 Å². The molecular formula is C40H40Br2N6O5S4. The van der Waals surface area contributed by atoms with E-state index >= 15 is 0 Å². The van der Waals surface area contributed by atoms with Crippen molar-refractivity contribution in [2.45, 2.75) is 16.7 Å². The first-order valence-corrected chi connectivity index (χ1v) is 24.3. The summed E-state index contributed by atoms with van der Waals surface area (Å²) in [4.78, 5) is 14.5. The molecule has 0 saturated carbocycles. The highest BCUT2D eigenvalue weighted by Crippen LogP contribution is 2.31. The Kier molecular flexibility index (Phi) is 13.2. The van der Waals surface area contributed by atoms with Crippen LogP contribution in [0.3, 0.4) is 0 Å². The molecule has 0 spiro atoms. The van der Waals surface area contributed by atoms with E-state index in [0.29, 0.717) is 62.1 Å². The standard InChI is InChI=1S/C20H20BrN3O3S2.C20H20BrN3O2S2/c1-27-17-6-2-15(3-7-17)19-14-28-20(22-19)23-10-12-24(13-11-23)29(25,26)18-8-4-16(21)5-9-18;1-15-2-4-16(5-3-15)19-14-27-20(22-19)23-10-12-24(13-11-23)28(25,26)18-8-6-17(21)7-9-18/h2-9,14H,10-13H2,1H3;2-9,14H,10-13H2,1H3. The molecule has 4 aromatic carbocycles. The van der Waals surface area contributed by atoms with Crippen LogP contribution in [-0.2, 0) is 20.0 Å². The fourth-order valence-electron chi connectivity index (χ4n) is 6.32. The molecule has 11 nitrogen and oxygen atoms in total. The monoisotopic (exact) mass is 970 g/mol. The van der Waals surface area contributed by atoms with Crippen LogP contribution >= 0.6 is 54.5 Å². The van der Waals surface area contributed by atoms with Gasteiger partial charge in [0.2, 0.25) is 20.0 Å². The van der Waals surface area contributed by atoms with Gasteiger partial charge in [-0.3, -0.25) is 0 Å². The summed E-state index contributed by atoms with van der Waals surface area (Å²) in [6, 6.07) is 29.7. The first-order chi connectivity index (χ1) is 27.4. The van der Waals surface area contributed by atoms with Gasteiger partial charge in [-0.25, -0.2) is 26.8 Å². The van der Waals surface area contributed by atoms with E-state index in [4.69, 9.17) is 14.7 Å². The number of benzene rings is 4. The molecule has 2 aromatic heterocycles. The van der Waals surface area contributed by atoms with Crippen LogP contribution in [0.5, 0.6) is 5.75 Å². The number of aromatic nitrogens is 2. The Labute approximate surface area is 358 Å². The fraction of sp³-hybridized carbons (Fsp3) is 0.250. The number of anilines is 2. The van der Waals surface area contributed by atoms with E-state index in [9.17, 15) is 16.8 Å². The Morgan fingerprint density at radius 2 is 0.912 bits per heavy atom. The van der Waals surface area contributed by atoms with Gasteiger partial charge in [-0.05, 0) is 79.7 Å². The van der Waals surface area contributed by atoms with Crippen LogP contribution in [0.25, 0.3) is 22.5 Å². The van der Waals surface area contributed by atoms with Crippen molar-refractivity contribution in [3.63, 3.8) is 0 Å². The molecule has 17 heteroatoms. The minimum absolute atomic E-state index is 0.324. The van der Waals surface area contributed by atoms with Crippen molar-refractivity contribution in [2.75, 3.05) is 69.3 Å². The lowest BCUT2D eigenvalue weighted by Crippen LogP contribution is -2.48. The number of ether oxygens (including phenoxy) is 1. The van der Waals surface area contributed by atoms with Crippen molar-refractivity contribution in [1.82, 2.24) is 18.6 Å². The maximum Gasteiger partial charge on any atom is 0.243 e. The van der Waals surface area contributed by atoms with Gasteiger partial charge < -0.3 is 14.5 Å². The molecule has 2 aliphatic heterocycles. The summed E-state index contributed by atoms with van der Waals surface area (Å²) in [6.07, 6.45) is 0. The second kappa shape index (κ2) is 18.1. The number of aryl methyl sites for hydroxylation is 1. The third kappa shape index (κ3) is 9.79. The summed E-state index contributed by atoms with van der Waals surface area (Å²) < 4.78 is 61.4. The van der Waals surface area contributed by atoms with Gasteiger partial charge in [-0.1, -0.05) is 61.7 Å². The Balaban J connectivity index is 0.000000174. The zero-order valence-electron chi connectivity index (χ0n) is 31.2. The molecule has 8 rings (SSSR count). The van der Waals surface area contributed by atoms with E-state index in [1.165, 1.54) is 5.56 Å². The number of thiazole rings is 2. The van der Waals surface area contributed by atoms with E-state index in [1.54, 1.807) is 86.9 Å². The Morgan fingerprint density at radius 1 is 0.544 bits per heavy atom. The van der Waals surface area contributed by atoms with Gasteiger partial charge in [0.25, 0.3) is 0 Å².